The Bertz CT molecular complexity index is 2090. The molecular formula is C38H49N7O7S. The lowest BCUT2D eigenvalue weighted by molar-refractivity contribution is -0.134. The number of pyridine rings is 1. The van der Waals surface area contributed by atoms with Crippen LogP contribution in [0.25, 0.3) is 16.7 Å². The quantitative estimate of drug-likeness (QED) is 0.319. The Balaban J connectivity index is 1.21. The highest BCUT2D eigenvalue weighted by molar-refractivity contribution is 7.91. The topological polar surface area (TPSA) is 165 Å². The molecule has 0 unspecified atom stereocenters. The minimum absolute atomic E-state index is 0.0538. The van der Waals surface area contributed by atoms with Crippen LogP contribution < -0.4 is 19.5 Å². The second-order valence-corrected chi connectivity index (χ2v) is 17.7. The van der Waals surface area contributed by atoms with Crippen molar-refractivity contribution in [3.63, 3.8) is 0 Å². The van der Waals surface area contributed by atoms with Crippen molar-refractivity contribution < 1.29 is 32.3 Å². The zero-order valence-corrected chi connectivity index (χ0v) is 32.0. The number of nitrogens with zero attached hydrogens (tertiary/aromatic N) is 5. The van der Waals surface area contributed by atoms with Gasteiger partial charge in [-0.3, -0.25) is 14.3 Å². The minimum Gasteiger partial charge on any atom is -0.496 e. The van der Waals surface area contributed by atoms with E-state index in [1.807, 2.05) is 49.5 Å². The summed E-state index contributed by atoms with van der Waals surface area (Å²) in [7, 11) is -0.603. The van der Waals surface area contributed by atoms with E-state index < -0.39 is 44.4 Å². The van der Waals surface area contributed by atoms with Crippen LogP contribution in [0.4, 0.5) is 4.79 Å². The van der Waals surface area contributed by atoms with E-state index in [0.717, 1.165) is 35.9 Å². The Labute approximate surface area is 310 Å². The van der Waals surface area contributed by atoms with Crippen molar-refractivity contribution in [1.82, 2.24) is 34.6 Å². The normalized spacial score (nSPS) is 26.4. The first kappa shape index (κ1) is 36.7. The number of sulfonamides is 1. The van der Waals surface area contributed by atoms with Crippen molar-refractivity contribution in [1.29, 1.82) is 0 Å². The van der Waals surface area contributed by atoms with Crippen LogP contribution >= 0.6 is 0 Å². The van der Waals surface area contributed by atoms with E-state index in [2.05, 4.69) is 23.9 Å². The number of fused-ring (bicyclic) bond motifs is 3. The predicted octanol–water partition coefficient (Wildman–Crippen LogP) is 4.35. The molecule has 284 valence electrons. The van der Waals surface area contributed by atoms with Crippen LogP contribution in [0.3, 0.4) is 0 Å². The van der Waals surface area contributed by atoms with Crippen molar-refractivity contribution in [3.8, 4) is 17.3 Å². The summed E-state index contributed by atoms with van der Waals surface area (Å²) in [4.78, 5) is 50.1. The minimum atomic E-state index is -3.94. The molecule has 4 amide bonds. The van der Waals surface area contributed by atoms with Gasteiger partial charge in [0.05, 0.1) is 29.6 Å². The highest BCUT2D eigenvalue weighted by Crippen LogP contribution is 2.47. The van der Waals surface area contributed by atoms with Crippen molar-refractivity contribution in [3.05, 3.63) is 53.9 Å². The molecule has 0 spiro atoms. The molecule has 4 aliphatic rings. The fraction of sp³-hybridized carbons (Fsp3) is 0.553. The number of nitrogens with one attached hydrogen (secondary N) is 2. The van der Waals surface area contributed by atoms with Crippen LogP contribution in [0.2, 0.25) is 0 Å². The molecule has 1 aromatic carbocycles. The van der Waals surface area contributed by atoms with Crippen LogP contribution in [0.5, 0.6) is 11.5 Å². The number of carbonyl (C=O) groups is 3. The zero-order chi connectivity index (χ0) is 37.9. The molecule has 4 heterocycles. The number of benzene rings is 1. The molecule has 3 fully saturated rings. The molecule has 2 N–H and O–H groups in total. The smallest absolute Gasteiger partial charge is 0.319 e. The zero-order valence-electron chi connectivity index (χ0n) is 31.2. The predicted molar refractivity (Wildman–Crippen MR) is 198 cm³/mol. The van der Waals surface area contributed by atoms with Gasteiger partial charge in [0.15, 0.2) is 5.82 Å². The van der Waals surface area contributed by atoms with E-state index in [-0.39, 0.29) is 37.1 Å². The number of aryl methyl sites for hydroxylation is 1. The number of carbonyl (C=O) groups excluding carboxylic acids is 3. The SMILES string of the molecule is COc1ccc2c(O[C@H]3C[C@H]4C(=O)N(C)CCCC/C=C\[C@@H]5C[C@@]5(C(=O)NS(=O)(=O)C5(C)CC5)NC(=O)N4C3)cc(-n3ccc(C(C)C)n3)nc2c1C. The van der Waals surface area contributed by atoms with Crippen LogP contribution in [-0.4, -0.2) is 101 Å². The molecule has 0 bridgehead atoms. The van der Waals surface area contributed by atoms with Crippen LogP contribution in [0.15, 0.2) is 42.6 Å². The maximum atomic E-state index is 14.3. The second-order valence-electron chi connectivity index (χ2n) is 15.5. The summed E-state index contributed by atoms with van der Waals surface area (Å²) in [5, 5.41) is 8.37. The highest BCUT2D eigenvalue weighted by Gasteiger charge is 2.63. The summed E-state index contributed by atoms with van der Waals surface area (Å²) in [6.45, 7) is 8.25. The van der Waals surface area contributed by atoms with E-state index >= 15 is 0 Å². The van der Waals surface area contributed by atoms with E-state index in [9.17, 15) is 22.8 Å². The van der Waals surface area contributed by atoms with Crippen molar-refractivity contribution in [2.75, 3.05) is 27.2 Å². The molecule has 2 aliphatic heterocycles. The fourth-order valence-electron chi connectivity index (χ4n) is 7.36. The Kier molecular flexibility index (Phi) is 9.44. The Morgan fingerprint density at radius 1 is 1.13 bits per heavy atom. The number of ether oxygens (including phenoxy) is 2. The molecule has 1 saturated heterocycles. The number of aromatic nitrogens is 3. The fourth-order valence-corrected chi connectivity index (χ4v) is 8.67. The van der Waals surface area contributed by atoms with E-state index in [1.54, 1.807) is 30.7 Å². The van der Waals surface area contributed by atoms with Gasteiger partial charge in [0.25, 0.3) is 5.91 Å². The van der Waals surface area contributed by atoms with Gasteiger partial charge in [-0.25, -0.2) is 22.9 Å². The molecule has 3 aromatic rings. The first-order chi connectivity index (χ1) is 25.2. The number of allylic oxidation sites excluding steroid dienone is 1. The number of hydrogen-bond donors (Lipinski definition) is 2. The van der Waals surface area contributed by atoms with Gasteiger partial charge in [-0.05, 0) is 76.5 Å². The van der Waals surface area contributed by atoms with Crippen molar-refractivity contribution in [2.24, 2.45) is 5.92 Å². The number of urea groups is 1. The maximum Gasteiger partial charge on any atom is 0.319 e. The number of likely N-dealkylation sites (N-methyl/N-ethyl adjacent to an activating group) is 1. The van der Waals surface area contributed by atoms with Gasteiger partial charge in [-0.1, -0.05) is 26.0 Å². The van der Waals surface area contributed by atoms with Gasteiger partial charge in [-0.2, -0.15) is 5.10 Å². The van der Waals surface area contributed by atoms with Crippen LogP contribution in [-0.2, 0) is 19.6 Å². The summed E-state index contributed by atoms with van der Waals surface area (Å²) < 4.78 is 41.5. The third-order valence-electron chi connectivity index (χ3n) is 11.3. The molecule has 0 radical (unpaired) electrons. The molecule has 2 aliphatic carbocycles. The first-order valence-electron chi connectivity index (χ1n) is 18.4. The molecule has 53 heavy (non-hydrogen) atoms. The summed E-state index contributed by atoms with van der Waals surface area (Å²) in [6.07, 6.45) is 8.83. The van der Waals surface area contributed by atoms with Gasteiger partial charge in [0.2, 0.25) is 15.9 Å². The average Bonchev–Trinajstić information content (AvgIpc) is 3.89. The largest absolute Gasteiger partial charge is 0.496 e. The Morgan fingerprint density at radius 2 is 1.91 bits per heavy atom. The molecule has 15 heteroatoms. The summed E-state index contributed by atoms with van der Waals surface area (Å²) in [6, 6.07) is 6.00. The van der Waals surface area contributed by atoms with Gasteiger partial charge in [0, 0.05) is 49.1 Å². The number of hydrogen-bond acceptors (Lipinski definition) is 9. The molecule has 2 saturated carbocycles. The highest BCUT2D eigenvalue weighted by atomic mass is 32.2. The van der Waals surface area contributed by atoms with Gasteiger partial charge in [-0.15, -0.1) is 0 Å². The monoisotopic (exact) mass is 747 g/mol. The van der Waals surface area contributed by atoms with Crippen LogP contribution in [0, 0.1) is 12.8 Å². The molecule has 4 atom stereocenters. The Morgan fingerprint density at radius 3 is 2.60 bits per heavy atom. The number of rotatable bonds is 8. The van der Waals surface area contributed by atoms with Crippen molar-refractivity contribution in [2.45, 2.75) is 101 Å². The summed E-state index contributed by atoms with van der Waals surface area (Å²) in [5.74, 6) is 0.565. The lowest BCUT2D eigenvalue weighted by atomic mass is 10.1. The number of amides is 4. The van der Waals surface area contributed by atoms with Crippen LogP contribution in [0.1, 0.15) is 82.9 Å². The van der Waals surface area contributed by atoms with E-state index in [4.69, 9.17) is 19.6 Å². The maximum absolute atomic E-state index is 14.3. The third-order valence-corrected chi connectivity index (χ3v) is 13.5. The van der Waals surface area contributed by atoms with Crippen molar-refractivity contribution >= 4 is 38.8 Å². The molecular weight excluding hydrogens is 699 g/mol. The molecule has 2 aromatic heterocycles. The lowest BCUT2D eigenvalue weighted by Gasteiger charge is -2.30. The first-order valence-corrected chi connectivity index (χ1v) is 19.9. The summed E-state index contributed by atoms with van der Waals surface area (Å²) >= 11 is 0. The third kappa shape index (κ3) is 6.83. The summed E-state index contributed by atoms with van der Waals surface area (Å²) in [5.41, 5.74) is 0.940. The van der Waals surface area contributed by atoms with Gasteiger partial charge >= 0.3 is 6.03 Å². The lowest BCUT2D eigenvalue weighted by Crippen LogP contribution is -2.58. The van der Waals surface area contributed by atoms with Gasteiger partial charge in [0.1, 0.15) is 29.2 Å². The van der Waals surface area contributed by atoms with E-state index in [1.165, 1.54) is 4.90 Å². The molecule has 7 rings (SSSR count). The Hall–Kier alpha value is -4.66. The van der Waals surface area contributed by atoms with E-state index in [0.29, 0.717) is 42.2 Å². The van der Waals surface area contributed by atoms with Gasteiger partial charge < -0.3 is 24.6 Å². The average molecular weight is 748 g/mol. The standard InChI is InChI=1S/C38H49N7O7S/c1-23(2)28-14-18-45(41-28)32-20-31(27-12-13-30(51-6)24(3)33(27)39-32)52-26-19-29-34(46)43(5)17-10-8-7-9-11-25-21-38(25,40-36(48)44(29)22-26)35(47)42-53(49,50)37(4)15-16-37/h9,11-14,18,20,23,25-26,29H,7-8,10,15-17,19,21-22H2,1-6H3,(H,40,48)(H,42,47)/b11-9-/t25-,26+,29+,38-/m1/s1. The number of methoxy groups -OCH3 is 1. The molecule has 14 nitrogen and oxygen atoms in total. The second kappa shape index (κ2) is 13.6.